The Morgan fingerprint density at radius 2 is 1.93 bits per heavy atom. The summed E-state index contributed by atoms with van der Waals surface area (Å²) in [5.74, 6) is 0.313. The zero-order valence-corrected chi connectivity index (χ0v) is 15.7. The summed E-state index contributed by atoms with van der Waals surface area (Å²) in [6, 6.07) is 12.1. The van der Waals surface area contributed by atoms with Gasteiger partial charge in [-0.15, -0.1) is 11.3 Å². The van der Waals surface area contributed by atoms with Crippen molar-refractivity contribution in [2.24, 2.45) is 0 Å². The fourth-order valence-electron chi connectivity index (χ4n) is 2.46. The fourth-order valence-corrected chi connectivity index (χ4v) is 3.27. The quantitative estimate of drug-likeness (QED) is 0.615. The third-order valence-corrected chi connectivity index (χ3v) is 4.73. The van der Waals surface area contributed by atoms with Gasteiger partial charge in [-0.1, -0.05) is 12.1 Å². The standard InChI is InChI=1S/C20H17F3N2O2S/c1-2-24-18(26)17-12-28-19(25-17)14-6-8-16(9-7-14)27-11-13-4-3-5-15(10-13)20(21,22)23/h3-10,12H,2,11H2,1H3,(H,24,26). The summed E-state index contributed by atoms with van der Waals surface area (Å²) < 4.78 is 43.9. The molecule has 0 saturated carbocycles. The lowest BCUT2D eigenvalue weighted by Crippen LogP contribution is -2.22. The first-order valence-electron chi connectivity index (χ1n) is 8.50. The van der Waals surface area contributed by atoms with Crippen LogP contribution < -0.4 is 10.1 Å². The Bertz CT molecular complexity index is 953. The van der Waals surface area contributed by atoms with Crippen LogP contribution in [0.15, 0.2) is 53.9 Å². The molecule has 0 atom stereocenters. The summed E-state index contributed by atoms with van der Waals surface area (Å²) in [4.78, 5) is 16.1. The van der Waals surface area contributed by atoms with E-state index in [1.165, 1.54) is 17.4 Å². The van der Waals surface area contributed by atoms with Gasteiger partial charge in [-0.2, -0.15) is 13.2 Å². The van der Waals surface area contributed by atoms with Crippen molar-refractivity contribution in [3.05, 3.63) is 70.7 Å². The molecule has 0 aliphatic rings. The Morgan fingerprint density at radius 3 is 2.61 bits per heavy atom. The minimum atomic E-state index is -4.38. The molecule has 3 aromatic rings. The first-order valence-corrected chi connectivity index (χ1v) is 9.38. The maximum atomic E-state index is 12.8. The predicted molar refractivity (Wildman–Crippen MR) is 101 cm³/mol. The molecule has 3 rings (SSSR count). The highest BCUT2D eigenvalue weighted by Crippen LogP contribution is 2.30. The van der Waals surface area contributed by atoms with E-state index < -0.39 is 11.7 Å². The van der Waals surface area contributed by atoms with Gasteiger partial charge in [0.25, 0.3) is 5.91 Å². The topological polar surface area (TPSA) is 51.2 Å². The molecule has 1 amide bonds. The molecule has 28 heavy (non-hydrogen) atoms. The van der Waals surface area contributed by atoms with Crippen molar-refractivity contribution in [2.75, 3.05) is 6.54 Å². The van der Waals surface area contributed by atoms with Crippen molar-refractivity contribution in [3.8, 4) is 16.3 Å². The van der Waals surface area contributed by atoms with E-state index in [1.54, 1.807) is 35.7 Å². The number of thiazole rings is 1. The Balaban J connectivity index is 1.65. The second kappa shape index (κ2) is 8.43. The van der Waals surface area contributed by atoms with Crippen molar-refractivity contribution in [3.63, 3.8) is 0 Å². The molecule has 0 spiro atoms. The Labute approximate surface area is 164 Å². The van der Waals surface area contributed by atoms with E-state index in [2.05, 4.69) is 10.3 Å². The van der Waals surface area contributed by atoms with Crippen LogP contribution in [-0.2, 0) is 12.8 Å². The Morgan fingerprint density at radius 1 is 1.18 bits per heavy atom. The summed E-state index contributed by atoms with van der Waals surface area (Å²) in [7, 11) is 0. The molecular formula is C20H17F3N2O2S. The SMILES string of the molecule is CCNC(=O)c1csc(-c2ccc(OCc3cccc(C(F)(F)F)c3)cc2)n1. The van der Waals surface area contributed by atoms with E-state index in [0.29, 0.717) is 28.6 Å². The van der Waals surface area contributed by atoms with Gasteiger partial charge in [-0.25, -0.2) is 4.98 Å². The van der Waals surface area contributed by atoms with Gasteiger partial charge in [-0.05, 0) is 48.9 Å². The summed E-state index contributed by atoms with van der Waals surface area (Å²) >= 11 is 1.36. The highest BCUT2D eigenvalue weighted by atomic mass is 32.1. The van der Waals surface area contributed by atoms with Crippen LogP contribution in [-0.4, -0.2) is 17.4 Å². The average Bonchev–Trinajstić information content (AvgIpc) is 3.17. The lowest BCUT2D eigenvalue weighted by Gasteiger charge is -2.10. The second-order valence-electron chi connectivity index (χ2n) is 5.91. The summed E-state index contributed by atoms with van der Waals surface area (Å²) in [6.07, 6.45) is -4.38. The largest absolute Gasteiger partial charge is 0.489 e. The lowest BCUT2D eigenvalue weighted by atomic mass is 10.1. The number of aromatic nitrogens is 1. The van der Waals surface area contributed by atoms with Crippen molar-refractivity contribution >= 4 is 17.2 Å². The number of benzene rings is 2. The molecule has 4 nitrogen and oxygen atoms in total. The van der Waals surface area contributed by atoms with Crippen molar-refractivity contribution in [1.82, 2.24) is 10.3 Å². The molecule has 0 radical (unpaired) electrons. The van der Waals surface area contributed by atoms with Crippen LogP contribution in [0.25, 0.3) is 10.6 Å². The second-order valence-corrected chi connectivity index (χ2v) is 6.77. The van der Waals surface area contributed by atoms with E-state index in [-0.39, 0.29) is 12.5 Å². The van der Waals surface area contributed by atoms with Crippen LogP contribution in [0.1, 0.15) is 28.5 Å². The van der Waals surface area contributed by atoms with Gasteiger partial charge in [-0.3, -0.25) is 4.79 Å². The number of nitrogens with one attached hydrogen (secondary N) is 1. The number of hydrogen-bond donors (Lipinski definition) is 1. The van der Waals surface area contributed by atoms with Crippen LogP contribution >= 0.6 is 11.3 Å². The van der Waals surface area contributed by atoms with Gasteiger partial charge >= 0.3 is 6.18 Å². The number of alkyl halides is 3. The number of halogens is 3. The van der Waals surface area contributed by atoms with Crippen molar-refractivity contribution < 1.29 is 22.7 Å². The number of amides is 1. The number of ether oxygens (including phenoxy) is 1. The Hall–Kier alpha value is -2.87. The van der Waals surface area contributed by atoms with E-state index in [9.17, 15) is 18.0 Å². The monoisotopic (exact) mass is 406 g/mol. The summed E-state index contributed by atoms with van der Waals surface area (Å²) in [6.45, 7) is 2.40. The number of hydrogen-bond acceptors (Lipinski definition) is 4. The first-order chi connectivity index (χ1) is 13.4. The molecule has 1 heterocycles. The van der Waals surface area contributed by atoms with Gasteiger partial charge in [0.05, 0.1) is 5.56 Å². The lowest BCUT2D eigenvalue weighted by molar-refractivity contribution is -0.137. The highest BCUT2D eigenvalue weighted by molar-refractivity contribution is 7.13. The fraction of sp³-hybridized carbons (Fsp3) is 0.200. The molecule has 1 N–H and O–H groups in total. The number of rotatable bonds is 6. The molecule has 146 valence electrons. The van der Waals surface area contributed by atoms with Gasteiger partial charge in [0, 0.05) is 17.5 Å². The molecule has 2 aromatic carbocycles. The zero-order chi connectivity index (χ0) is 20.1. The number of nitrogens with zero attached hydrogens (tertiary/aromatic N) is 1. The smallest absolute Gasteiger partial charge is 0.416 e. The van der Waals surface area contributed by atoms with Gasteiger partial charge in [0.2, 0.25) is 0 Å². The van der Waals surface area contributed by atoms with Crippen LogP contribution in [0, 0.1) is 0 Å². The van der Waals surface area contributed by atoms with Crippen LogP contribution in [0.3, 0.4) is 0 Å². The molecule has 0 aliphatic heterocycles. The summed E-state index contributed by atoms with van der Waals surface area (Å²) in [5, 5.41) is 5.09. The van der Waals surface area contributed by atoms with Gasteiger partial charge in [0.15, 0.2) is 0 Å². The molecule has 8 heteroatoms. The van der Waals surface area contributed by atoms with E-state index >= 15 is 0 Å². The molecule has 0 aliphatic carbocycles. The molecule has 0 unspecified atom stereocenters. The van der Waals surface area contributed by atoms with Crippen LogP contribution in [0.4, 0.5) is 13.2 Å². The van der Waals surface area contributed by atoms with Crippen LogP contribution in [0.5, 0.6) is 5.75 Å². The Kier molecular flexibility index (Phi) is 5.99. The van der Waals surface area contributed by atoms with E-state index in [1.807, 2.05) is 6.92 Å². The molecular weight excluding hydrogens is 389 g/mol. The van der Waals surface area contributed by atoms with Gasteiger partial charge < -0.3 is 10.1 Å². The maximum absolute atomic E-state index is 12.8. The minimum absolute atomic E-state index is 0.0296. The predicted octanol–water partition coefficient (Wildman–Crippen LogP) is 5.16. The van der Waals surface area contributed by atoms with E-state index in [4.69, 9.17) is 4.74 Å². The van der Waals surface area contributed by atoms with Crippen molar-refractivity contribution in [2.45, 2.75) is 19.7 Å². The number of carbonyl (C=O) groups excluding carboxylic acids is 1. The molecule has 0 fully saturated rings. The molecule has 0 bridgehead atoms. The number of carbonyl (C=O) groups is 1. The normalized spacial score (nSPS) is 11.3. The highest BCUT2D eigenvalue weighted by Gasteiger charge is 2.30. The van der Waals surface area contributed by atoms with Crippen LogP contribution in [0.2, 0.25) is 0 Å². The molecule has 1 aromatic heterocycles. The van der Waals surface area contributed by atoms with Gasteiger partial charge in [0.1, 0.15) is 23.1 Å². The van der Waals surface area contributed by atoms with Crippen molar-refractivity contribution in [1.29, 1.82) is 0 Å². The maximum Gasteiger partial charge on any atom is 0.416 e. The van der Waals surface area contributed by atoms with E-state index in [0.717, 1.165) is 17.7 Å². The average molecular weight is 406 g/mol. The third kappa shape index (κ3) is 4.89. The third-order valence-electron chi connectivity index (χ3n) is 3.84. The minimum Gasteiger partial charge on any atom is -0.489 e. The first kappa shape index (κ1) is 19.9. The summed E-state index contributed by atoms with van der Waals surface area (Å²) in [5.41, 5.74) is 0.930. The zero-order valence-electron chi connectivity index (χ0n) is 14.9. The molecule has 0 saturated heterocycles.